The molecule has 0 unspecified atom stereocenters. The van der Waals surface area contributed by atoms with Crippen molar-refractivity contribution >= 4 is 23.0 Å². The van der Waals surface area contributed by atoms with Crippen LogP contribution in [0.3, 0.4) is 0 Å². The van der Waals surface area contributed by atoms with Gasteiger partial charge in [-0.05, 0) is 36.8 Å². The maximum absolute atomic E-state index is 8.72. The fourth-order valence-electron chi connectivity index (χ4n) is 1.29. The predicted octanol–water partition coefficient (Wildman–Crippen LogP) is 1.39. The number of nitrogens with one attached hydrogen (secondary N) is 2. The van der Waals surface area contributed by atoms with Crippen LogP contribution in [-0.2, 0) is 4.74 Å². The summed E-state index contributed by atoms with van der Waals surface area (Å²) in [6.07, 6.45) is 0. The Morgan fingerprint density at radius 1 is 1.42 bits per heavy atom. The van der Waals surface area contributed by atoms with E-state index in [0.717, 1.165) is 11.3 Å². The average molecular weight is 276 g/mol. The molecule has 0 amide bonds. The molecule has 19 heavy (non-hydrogen) atoms. The highest BCUT2D eigenvalue weighted by molar-refractivity contribution is 7.80. The second-order valence-electron chi connectivity index (χ2n) is 3.75. The quantitative estimate of drug-likeness (QED) is 0.368. The molecule has 0 aliphatic heterocycles. The van der Waals surface area contributed by atoms with Gasteiger partial charge in [0.25, 0.3) is 0 Å². The van der Waals surface area contributed by atoms with Gasteiger partial charge >= 0.3 is 0 Å². The molecule has 0 saturated carbocycles. The number of thiocarbonyl (C=S) groups is 1. The van der Waals surface area contributed by atoms with Crippen molar-refractivity contribution in [2.45, 2.75) is 6.92 Å². The van der Waals surface area contributed by atoms with Crippen LogP contribution in [0.4, 0.5) is 0 Å². The molecular weight excluding hydrogens is 260 g/mol. The number of ether oxygens (including phenoxy) is 1. The normalized spacial score (nSPS) is 10.7. The summed E-state index contributed by atoms with van der Waals surface area (Å²) in [7, 11) is 1.63. The Labute approximate surface area is 118 Å². The Bertz CT molecular complexity index is 490. The number of hydrazone groups is 1. The van der Waals surface area contributed by atoms with Crippen molar-refractivity contribution in [1.29, 1.82) is 5.26 Å². The summed E-state index contributed by atoms with van der Waals surface area (Å²) in [5, 5.41) is 16.3. The third-order valence-electron chi connectivity index (χ3n) is 2.35. The van der Waals surface area contributed by atoms with Crippen LogP contribution in [0.5, 0.6) is 0 Å². The zero-order valence-corrected chi connectivity index (χ0v) is 11.8. The largest absolute Gasteiger partial charge is 0.383 e. The molecule has 0 heterocycles. The molecule has 0 aromatic heterocycles. The summed E-state index contributed by atoms with van der Waals surface area (Å²) in [6, 6.07) is 9.28. The van der Waals surface area contributed by atoms with E-state index in [2.05, 4.69) is 21.9 Å². The monoisotopic (exact) mass is 276 g/mol. The maximum Gasteiger partial charge on any atom is 0.187 e. The van der Waals surface area contributed by atoms with E-state index in [-0.39, 0.29) is 0 Å². The van der Waals surface area contributed by atoms with E-state index < -0.39 is 0 Å². The highest BCUT2D eigenvalue weighted by Gasteiger charge is 1.98. The number of hydrogen-bond donors (Lipinski definition) is 2. The molecule has 1 rings (SSSR count). The lowest BCUT2D eigenvalue weighted by Crippen LogP contribution is -2.34. The minimum Gasteiger partial charge on any atom is -0.383 e. The van der Waals surface area contributed by atoms with Crippen LogP contribution in [0.15, 0.2) is 29.4 Å². The Balaban J connectivity index is 2.52. The van der Waals surface area contributed by atoms with Gasteiger partial charge in [-0.1, -0.05) is 12.1 Å². The molecule has 100 valence electrons. The van der Waals surface area contributed by atoms with Crippen molar-refractivity contribution in [2.75, 3.05) is 20.3 Å². The summed E-state index contributed by atoms with van der Waals surface area (Å²) in [5.74, 6) is 0. The smallest absolute Gasteiger partial charge is 0.187 e. The molecule has 2 N–H and O–H groups in total. The van der Waals surface area contributed by atoms with Gasteiger partial charge in [-0.3, -0.25) is 5.43 Å². The Hall–Kier alpha value is -1.97. The standard InChI is InChI=1S/C13H16N4OS/c1-10(12-5-3-11(9-14)4-6-12)16-17-13(19)15-7-8-18-2/h3-6H,7-8H2,1-2H3,(H2,15,17,19)/b16-10-. The van der Waals surface area contributed by atoms with Crippen LogP contribution >= 0.6 is 12.2 Å². The summed E-state index contributed by atoms with van der Waals surface area (Å²) in [4.78, 5) is 0. The molecular formula is C13H16N4OS. The number of rotatable bonds is 5. The van der Waals surface area contributed by atoms with E-state index in [1.807, 2.05) is 19.1 Å². The van der Waals surface area contributed by atoms with Gasteiger partial charge in [-0.25, -0.2) is 0 Å². The third-order valence-corrected chi connectivity index (χ3v) is 2.58. The lowest BCUT2D eigenvalue weighted by Gasteiger charge is -2.07. The maximum atomic E-state index is 8.72. The molecule has 0 saturated heterocycles. The van der Waals surface area contributed by atoms with Crippen molar-refractivity contribution in [1.82, 2.24) is 10.7 Å². The summed E-state index contributed by atoms with van der Waals surface area (Å²) in [5.41, 5.74) is 5.11. The Morgan fingerprint density at radius 2 is 2.11 bits per heavy atom. The Kier molecular flexibility index (Phi) is 6.50. The number of methoxy groups -OCH3 is 1. The number of nitrogens with zero attached hydrogens (tertiary/aromatic N) is 2. The molecule has 0 aliphatic carbocycles. The second-order valence-corrected chi connectivity index (χ2v) is 4.16. The van der Waals surface area contributed by atoms with Gasteiger partial charge in [-0.2, -0.15) is 10.4 Å². The fraction of sp³-hybridized carbons (Fsp3) is 0.308. The highest BCUT2D eigenvalue weighted by atomic mass is 32.1. The van der Waals surface area contributed by atoms with Gasteiger partial charge in [0.2, 0.25) is 0 Å². The number of hydrogen-bond acceptors (Lipinski definition) is 4. The molecule has 0 spiro atoms. The first kappa shape index (κ1) is 15.1. The van der Waals surface area contributed by atoms with Gasteiger partial charge in [0.15, 0.2) is 5.11 Å². The van der Waals surface area contributed by atoms with Crippen molar-refractivity contribution < 1.29 is 4.74 Å². The SMILES string of the molecule is COCCNC(=S)N/N=C(/C)c1ccc(C#N)cc1. The first-order valence-electron chi connectivity index (χ1n) is 5.75. The predicted molar refractivity (Wildman–Crippen MR) is 79.0 cm³/mol. The van der Waals surface area contributed by atoms with Crippen LogP contribution in [-0.4, -0.2) is 31.1 Å². The summed E-state index contributed by atoms with van der Waals surface area (Å²) in [6.45, 7) is 3.08. The number of benzene rings is 1. The van der Waals surface area contributed by atoms with Gasteiger partial charge in [0, 0.05) is 13.7 Å². The van der Waals surface area contributed by atoms with Crippen LogP contribution in [0.2, 0.25) is 0 Å². The lowest BCUT2D eigenvalue weighted by atomic mass is 10.1. The topological polar surface area (TPSA) is 69.4 Å². The lowest BCUT2D eigenvalue weighted by molar-refractivity contribution is 0.204. The molecule has 1 aromatic carbocycles. The zero-order chi connectivity index (χ0) is 14.1. The van der Waals surface area contributed by atoms with Crippen LogP contribution in [0, 0.1) is 11.3 Å². The zero-order valence-electron chi connectivity index (χ0n) is 10.9. The van der Waals surface area contributed by atoms with Gasteiger partial charge in [-0.15, -0.1) is 0 Å². The van der Waals surface area contributed by atoms with Crippen molar-refractivity contribution in [3.05, 3.63) is 35.4 Å². The van der Waals surface area contributed by atoms with Crippen LogP contribution in [0.25, 0.3) is 0 Å². The molecule has 5 nitrogen and oxygen atoms in total. The molecule has 0 fully saturated rings. The van der Waals surface area contributed by atoms with Gasteiger partial charge in [0.1, 0.15) is 0 Å². The van der Waals surface area contributed by atoms with E-state index in [4.69, 9.17) is 22.2 Å². The minimum atomic E-state index is 0.449. The molecule has 0 aliphatic rings. The molecule has 6 heteroatoms. The first-order valence-corrected chi connectivity index (χ1v) is 6.16. The third kappa shape index (κ3) is 5.46. The van der Waals surface area contributed by atoms with E-state index in [9.17, 15) is 0 Å². The van der Waals surface area contributed by atoms with Crippen molar-refractivity contribution in [3.8, 4) is 6.07 Å². The van der Waals surface area contributed by atoms with E-state index >= 15 is 0 Å². The number of nitriles is 1. The van der Waals surface area contributed by atoms with Crippen molar-refractivity contribution in [2.24, 2.45) is 5.10 Å². The molecule has 0 atom stereocenters. The average Bonchev–Trinajstić information content (AvgIpc) is 2.45. The first-order chi connectivity index (χ1) is 9.17. The van der Waals surface area contributed by atoms with Crippen LogP contribution in [0.1, 0.15) is 18.1 Å². The highest BCUT2D eigenvalue weighted by Crippen LogP contribution is 2.04. The van der Waals surface area contributed by atoms with Gasteiger partial charge in [0.05, 0.1) is 24.0 Å². The fourth-order valence-corrected chi connectivity index (χ4v) is 1.44. The molecule has 0 radical (unpaired) electrons. The van der Waals surface area contributed by atoms with Crippen molar-refractivity contribution in [3.63, 3.8) is 0 Å². The van der Waals surface area contributed by atoms with Gasteiger partial charge < -0.3 is 10.1 Å². The van der Waals surface area contributed by atoms with E-state index in [1.54, 1.807) is 19.2 Å². The summed E-state index contributed by atoms with van der Waals surface area (Å²) >= 11 is 5.05. The van der Waals surface area contributed by atoms with Crippen LogP contribution < -0.4 is 10.7 Å². The minimum absolute atomic E-state index is 0.449. The molecule has 1 aromatic rings. The molecule has 0 bridgehead atoms. The summed E-state index contributed by atoms with van der Waals surface area (Å²) < 4.78 is 4.90. The van der Waals surface area contributed by atoms with E-state index in [0.29, 0.717) is 23.8 Å². The van der Waals surface area contributed by atoms with E-state index in [1.165, 1.54) is 0 Å². The Morgan fingerprint density at radius 3 is 2.68 bits per heavy atom. The second kappa shape index (κ2) is 8.19.